The Morgan fingerprint density at radius 3 is 2.19 bits per heavy atom. The molecule has 0 radical (unpaired) electrons. The van der Waals surface area contributed by atoms with E-state index >= 15 is 0 Å². The van der Waals surface area contributed by atoms with E-state index in [2.05, 4.69) is 18.7 Å². The number of para-hydroxylation sites is 2. The Hall–Kier alpha value is -2.05. The minimum Gasteiger partial charge on any atom is -0.495 e. The fourth-order valence-corrected chi connectivity index (χ4v) is 4.90. The molecule has 6 heteroatoms. The zero-order chi connectivity index (χ0) is 19.4. The molecule has 1 heterocycles. The van der Waals surface area contributed by atoms with Gasteiger partial charge in [-0.25, -0.2) is 8.42 Å². The topological polar surface area (TPSA) is 49.9 Å². The summed E-state index contributed by atoms with van der Waals surface area (Å²) in [5, 5.41) is 0. The first-order valence-corrected chi connectivity index (χ1v) is 10.8. The van der Waals surface area contributed by atoms with Crippen LogP contribution in [0.15, 0.2) is 53.4 Å². The van der Waals surface area contributed by atoms with Gasteiger partial charge in [-0.3, -0.25) is 0 Å². The summed E-state index contributed by atoms with van der Waals surface area (Å²) in [5.74, 6) is 1.37. The largest absolute Gasteiger partial charge is 0.495 e. The van der Waals surface area contributed by atoms with E-state index < -0.39 is 10.0 Å². The molecular weight excluding hydrogens is 360 g/mol. The number of methoxy groups -OCH3 is 1. The van der Waals surface area contributed by atoms with Crippen molar-refractivity contribution in [2.45, 2.75) is 25.2 Å². The Morgan fingerprint density at radius 2 is 1.59 bits per heavy atom. The number of benzene rings is 2. The third kappa shape index (κ3) is 4.45. The maximum atomic E-state index is 13.0. The summed E-state index contributed by atoms with van der Waals surface area (Å²) in [5.41, 5.74) is 2.18. The van der Waals surface area contributed by atoms with E-state index in [0.29, 0.717) is 37.0 Å². The zero-order valence-electron chi connectivity index (χ0n) is 16.3. The van der Waals surface area contributed by atoms with Gasteiger partial charge < -0.3 is 9.64 Å². The van der Waals surface area contributed by atoms with Crippen LogP contribution in [0.5, 0.6) is 5.75 Å². The molecule has 1 aliphatic heterocycles. The van der Waals surface area contributed by atoms with Crippen LogP contribution in [0.25, 0.3) is 0 Å². The molecule has 0 bridgehead atoms. The molecule has 0 amide bonds. The number of anilines is 1. The quantitative estimate of drug-likeness (QED) is 0.761. The van der Waals surface area contributed by atoms with E-state index in [4.69, 9.17) is 4.74 Å². The average molecular weight is 389 g/mol. The van der Waals surface area contributed by atoms with Crippen molar-refractivity contribution in [3.8, 4) is 5.75 Å². The van der Waals surface area contributed by atoms with Gasteiger partial charge in [-0.1, -0.05) is 38.1 Å². The van der Waals surface area contributed by atoms with Crippen LogP contribution in [-0.4, -0.2) is 46.0 Å². The number of hydrogen-bond acceptors (Lipinski definition) is 4. The summed E-state index contributed by atoms with van der Waals surface area (Å²) >= 11 is 0. The lowest BCUT2D eigenvalue weighted by Gasteiger charge is -2.35. The lowest BCUT2D eigenvalue weighted by atomic mass is 10.0. The molecule has 0 spiro atoms. The maximum Gasteiger partial charge on any atom is 0.243 e. The Morgan fingerprint density at radius 1 is 0.963 bits per heavy atom. The normalized spacial score (nSPS) is 15.9. The van der Waals surface area contributed by atoms with Crippen LogP contribution in [0.4, 0.5) is 5.69 Å². The van der Waals surface area contributed by atoms with E-state index in [0.717, 1.165) is 17.9 Å². The van der Waals surface area contributed by atoms with Crippen LogP contribution < -0.4 is 9.64 Å². The van der Waals surface area contributed by atoms with Gasteiger partial charge in [0, 0.05) is 26.2 Å². The molecule has 1 fully saturated rings. The smallest absolute Gasteiger partial charge is 0.243 e. The molecule has 1 saturated heterocycles. The molecule has 27 heavy (non-hydrogen) atoms. The van der Waals surface area contributed by atoms with E-state index in [1.54, 1.807) is 23.5 Å². The molecule has 2 aromatic rings. The Kier molecular flexibility index (Phi) is 6.07. The van der Waals surface area contributed by atoms with Gasteiger partial charge in [-0.2, -0.15) is 4.31 Å². The first kappa shape index (κ1) is 19.7. The molecule has 146 valence electrons. The van der Waals surface area contributed by atoms with E-state index in [-0.39, 0.29) is 0 Å². The average Bonchev–Trinajstić information content (AvgIpc) is 2.68. The number of rotatable bonds is 6. The molecule has 0 aliphatic carbocycles. The third-order valence-corrected chi connectivity index (χ3v) is 6.78. The van der Waals surface area contributed by atoms with Crippen molar-refractivity contribution in [2.75, 3.05) is 38.2 Å². The lowest BCUT2D eigenvalue weighted by Crippen LogP contribution is -2.48. The van der Waals surface area contributed by atoms with Gasteiger partial charge in [0.1, 0.15) is 5.75 Å². The van der Waals surface area contributed by atoms with Crippen LogP contribution in [0.3, 0.4) is 0 Å². The highest BCUT2D eigenvalue weighted by Gasteiger charge is 2.29. The van der Waals surface area contributed by atoms with Crippen LogP contribution in [0, 0.1) is 5.92 Å². The van der Waals surface area contributed by atoms with Gasteiger partial charge in [0.05, 0.1) is 17.7 Å². The third-order valence-electron chi connectivity index (χ3n) is 4.87. The molecule has 0 aromatic heterocycles. The minimum atomic E-state index is -3.45. The SMILES string of the molecule is COc1ccccc1N1CCN(S(=O)(=O)c2ccc(CC(C)C)cc2)CC1. The molecule has 0 atom stereocenters. The Balaban J connectivity index is 1.69. The minimum absolute atomic E-state index is 0.376. The summed E-state index contributed by atoms with van der Waals surface area (Å²) < 4.78 is 32.9. The van der Waals surface area contributed by atoms with Crippen molar-refractivity contribution in [3.63, 3.8) is 0 Å². The number of ether oxygens (including phenoxy) is 1. The highest BCUT2D eigenvalue weighted by atomic mass is 32.2. The van der Waals surface area contributed by atoms with Gasteiger partial charge in [-0.15, -0.1) is 0 Å². The summed E-state index contributed by atoms with van der Waals surface area (Å²) in [6, 6.07) is 15.2. The second-order valence-electron chi connectivity index (χ2n) is 7.30. The fraction of sp³-hybridized carbons (Fsp3) is 0.429. The van der Waals surface area contributed by atoms with Crippen LogP contribution in [0.1, 0.15) is 19.4 Å². The second-order valence-corrected chi connectivity index (χ2v) is 9.24. The molecule has 2 aromatic carbocycles. The van der Waals surface area contributed by atoms with Gasteiger partial charge in [0.25, 0.3) is 0 Å². The van der Waals surface area contributed by atoms with Crippen molar-refractivity contribution in [1.82, 2.24) is 4.31 Å². The van der Waals surface area contributed by atoms with Crippen molar-refractivity contribution >= 4 is 15.7 Å². The first-order chi connectivity index (χ1) is 12.9. The second kappa shape index (κ2) is 8.31. The van der Waals surface area contributed by atoms with Crippen LogP contribution >= 0.6 is 0 Å². The van der Waals surface area contributed by atoms with Crippen molar-refractivity contribution in [1.29, 1.82) is 0 Å². The summed E-state index contributed by atoms with van der Waals surface area (Å²) in [4.78, 5) is 2.55. The molecule has 0 unspecified atom stereocenters. The van der Waals surface area contributed by atoms with Crippen LogP contribution in [0.2, 0.25) is 0 Å². The Labute approximate surface area is 162 Å². The molecule has 1 aliphatic rings. The number of sulfonamides is 1. The lowest BCUT2D eigenvalue weighted by molar-refractivity contribution is 0.378. The van der Waals surface area contributed by atoms with E-state index in [1.807, 2.05) is 36.4 Å². The number of piperazine rings is 1. The van der Waals surface area contributed by atoms with Crippen LogP contribution in [-0.2, 0) is 16.4 Å². The summed E-state index contributed by atoms with van der Waals surface area (Å²) in [6.45, 7) is 6.54. The molecule has 3 rings (SSSR count). The van der Waals surface area contributed by atoms with Crippen molar-refractivity contribution in [3.05, 3.63) is 54.1 Å². The van der Waals surface area contributed by atoms with Crippen molar-refractivity contribution in [2.24, 2.45) is 5.92 Å². The standard InChI is InChI=1S/C21H28N2O3S/c1-17(2)16-18-8-10-19(11-9-18)27(24,25)23-14-12-22(13-15-23)20-6-4-5-7-21(20)26-3/h4-11,17H,12-16H2,1-3H3. The monoisotopic (exact) mass is 388 g/mol. The fourth-order valence-electron chi connectivity index (χ4n) is 3.48. The highest BCUT2D eigenvalue weighted by Crippen LogP contribution is 2.29. The van der Waals surface area contributed by atoms with Gasteiger partial charge in [-0.05, 0) is 42.2 Å². The Bertz CT molecular complexity index is 855. The van der Waals surface area contributed by atoms with Crippen molar-refractivity contribution < 1.29 is 13.2 Å². The molecule has 5 nitrogen and oxygen atoms in total. The van der Waals surface area contributed by atoms with E-state index in [9.17, 15) is 8.42 Å². The predicted octanol–water partition coefficient (Wildman–Crippen LogP) is 3.40. The van der Waals surface area contributed by atoms with Gasteiger partial charge in [0.15, 0.2) is 0 Å². The molecule has 0 saturated carbocycles. The van der Waals surface area contributed by atoms with Gasteiger partial charge in [0.2, 0.25) is 10.0 Å². The number of nitrogens with zero attached hydrogens (tertiary/aromatic N) is 2. The zero-order valence-corrected chi connectivity index (χ0v) is 17.1. The van der Waals surface area contributed by atoms with E-state index in [1.165, 1.54) is 5.56 Å². The molecule has 0 N–H and O–H groups in total. The summed E-state index contributed by atoms with van der Waals surface area (Å²) in [7, 11) is -1.80. The van der Waals surface area contributed by atoms with Gasteiger partial charge >= 0.3 is 0 Å². The first-order valence-electron chi connectivity index (χ1n) is 9.39. The summed E-state index contributed by atoms with van der Waals surface area (Å²) in [6.07, 6.45) is 0.956. The molecular formula is C21H28N2O3S. The maximum absolute atomic E-state index is 13.0. The highest BCUT2D eigenvalue weighted by molar-refractivity contribution is 7.89. The number of hydrogen-bond donors (Lipinski definition) is 0. The predicted molar refractivity (Wildman–Crippen MR) is 109 cm³/mol.